The highest BCUT2D eigenvalue weighted by Gasteiger charge is 2.25. The van der Waals surface area contributed by atoms with Gasteiger partial charge in [0.05, 0.1) is 19.4 Å². The van der Waals surface area contributed by atoms with Crippen molar-refractivity contribution in [3.8, 4) is 0 Å². The first-order chi connectivity index (χ1) is 8.88. The molecule has 0 spiro atoms. The maximum atomic E-state index is 11.9. The maximum absolute atomic E-state index is 11.9. The van der Waals surface area contributed by atoms with Gasteiger partial charge in [0.25, 0.3) is 0 Å². The Hall–Kier alpha value is -1.24. The number of rotatable bonds is 8. The van der Waals surface area contributed by atoms with Gasteiger partial charge in [-0.15, -0.1) is 0 Å². The molecule has 0 aliphatic carbocycles. The van der Waals surface area contributed by atoms with Crippen molar-refractivity contribution in [1.29, 1.82) is 0 Å². The van der Waals surface area contributed by atoms with E-state index in [1.807, 2.05) is 0 Å². The number of hydrogen-bond donors (Lipinski definition) is 1. The van der Waals surface area contributed by atoms with Gasteiger partial charge in [-0.05, 0) is 13.8 Å². The molecule has 0 heterocycles. The number of aliphatic carboxylic acids is 1. The predicted molar refractivity (Wildman–Crippen MR) is 67.8 cm³/mol. The number of aliphatic imine (C=N–C) groups is 1. The molecule has 110 valence electrons. The molecule has 0 unspecified atom stereocenters. The van der Waals surface area contributed by atoms with Crippen LogP contribution in [0.3, 0.4) is 0 Å². The van der Waals surface area contributed by atoms with E-state index in [9.17, 15) is 14.2 Å². The lowest BCUT2D eigenvalue weighted by molar-refractivity contribution is -0.129. The SMILES string of the molecule is CCOC(=O)N=C(CC[P@](=O)(OC)OCC)C(=O)O. The summed E-state index contributed by atoms with van der Waals surface area (Å²) in [5.41, 5.74) is -0.449. The number of carboxylic acids is 1. The summed E-state index contributed by atoms with van der Waals surface area (Å²) in [6, 6.07) is 0. The lowest BCUT2D eigenvalue weighted by Gasteiger charge is -2.14. The van der Waals surface area contributed by atoms with E-state index in [1.54, 1.807) is 13.8 Å². The molecular formula is C10H18NO7P. The van der Waals surface area contributed by atoms with E-state index in [0.29, 0.717) is 0 Å². The highest BCUT2D eigenvalue weighted by atomic mass is 31.2. The van der Waals surface area contributed by atoms with E-state index in [2.05, 4.69) is 9.73 Å². The van der Waals surface area contributed by atoms with Crippen LogP contribution in [0.1, 0.15) is 20.3 Å². The summed E-state index contributed by atoms with van der Waals surface area (Å²) in [6.45, 7) is 3.46. The van der Waals surface area contributed by atoms with Crippen molar-refractivity contribution < 1.29 is 33.0 Å². The Bertz CT molecular complexity index is 393. The topological polar surface area (TPSA) is 111 Å². The van der Waals surface area contributed by atoms with Crippen LogP contribution in [0.15, 0.2) is 4.99 Å². The molecule has 0 aromatic rings. The van der Waals surface area contributed by atoms with Gasteiger partial charge in [0.2, 0.25) is 0 Å². The minimum Gasteiger partial charge on any atom is -0.477 e. The normalized spacial score (nSPS) is 14.8. The fourth-order valence-electron chi connectivity index (χ4n) is 1.12. The van der Waals surface area contributed by atoms with Crippen LogP contribution in [-0.4, -0.2) is 49.4 Å². The molecule has 0 aliphatic rings. The molecule has 0 fully saturated rings. The van der Waals surface area contributed by atoms with Gasteiger partial charge in [0, 0.05) is 13.5 Å². The lowest BCUT2D eigenvalue weighted by atomic mass is 10.3. The van der Waals surface area contributed by atoms with Crippen LogP contribution < -0.4 is 0 Å². The summed E-state index contributed by atoms with van der Waals surface area (Å²) in [4.78, 5) is 25.3. The van der Waals surface area contributed by atoms with Gasteiger partial charge < -0.3 is 18.9 Å². The van der Waals surface area contributed by atoms with Crippen LogP contribution >= 0.6 is 7.60 Å². The second kappa shape index (κ2) is 8.79. The molecule has 0 bridgehead atoms. The van der Waals surface area contributed by atoms with Gasteiger partial charge in [0.15, 0.2) is 0 Å². The monoisotopic (exact) mass is 295 g/mol. The van der Waals surface area contributed by atoms with Crippen molar-refractivity contribution in [1.82, 2.24) is 0 Å². The summed E-state index contributed by atoms with van der Waals surface area (Å²) < 4.78 is 26.1. The van der Waals surface area contributed by atoms with Crippen LogP contribution in [-0.2, 0) is 23.1 Å². The first kappa shape index (κ1) is 17.8. The Balaban J connectivity index is 4.74. The summed E-state index contributed by atoms with van der Waals surface area (Å²) >= 11 is 0. The zero-order valence-electron chi connectivity index (χ0n) is 11.1. The molecule has 1 amide bonds. The van der Waals surface area contributed by atoms with Crippen molar-refractivity contribution in [2.45, 2.75) is 20.3 Å². The van der Waals surface area contributed by atoms with E-state index in [1.165, 1.54) is 7.11 Å². The number of carboxylic acid groups (broad SMARTS) is 1. The number of nitrogens with zero attached hydrogens (tertiary/aromatic N) is 1. The molecule has 0 aromatic carbocycles. The molecule has 0 rings (SSSR count). The quantitative estimate of drug-likeness (QED) is 0.538. The molecule has 8 nitrogen and oxygen atoms in total. The predicted octanol–water partition coefficient (Wildman–Crippen LogP) is 1.93. The van der Waals surface area contributed by atoms with Gasteiger partial charge in [-0.25, -0.2) is 9.59 Å². The van der Waals surface area contributed by atoms with Gasteiger partial charge in [-0.3, -0.25) is 4.57 Å². The average molecular weight is 295 g/mol. The molecule has 1 atom stereocenters. The molecule has 0 saturated heterocycles. The van der Waals surface area contributed by atoms with E-state index < -0.39 is 25.4 Å². The number of amides is 1. The number of carbonyl (C=O) groups excluding carboxylic acids is 1. The molecule has 0 saturated carbocycles. The van der Waals surface area contributed by atoms with Crippen LogP contribution in [0, 0.1) is 0 Å². The molecule has 19 heavy (non-hydrogen) atoms. The molecule has 0 radical (unpaired) electrons. The Morgan fingerprint density at radius 3 is 2.32 bits per heavy atom. The fourth-order valence-corrected chi connectivity index (χ4v) is 2.42. The third kappa shape index (κ3) is 7.05. The summed E-state index contributed by atoms with van der Waals surface area (Å²) in [7, 11) is -2.14. The van der Waals surface area contributed by atoms with Crippen LogP contribution in [0.25, 0.3) is 0 Å². The fraction of sp³-hybridized carbons (Fsp3) is 0.700. The first-order valence-corrected chi connectivity index (χ1v) is 7.38. The van der Waals surface area contributed by atoms with Crippen molar-refractivity contribution in [3.63, 3.8) is 0 Å². The summed E-state index contributed by atoms with van der Waals surface area (Å²) in [5, 5.41) is 8.88. The third-order valence-corrected chi connectivity index (χ3v) is 3.95. The van der Waals surface area contributed by atoms with E-state index >= 15 is 0 Å². The van der Waals surface area contributed by atoms with Gasteiger partial charge in [-0.2, -0.15) is 4.99 Å². The second-order valence-corrected chi connectivity index (χ2v) is 5.54. The Morgan fingerprint density at radius 2 is 1.89 bits per heavy atom. The zero-order chi connectivity index (χ0) is 14.9. The smallest absolute Gasteiger partial charge is 0.434 e. The van der Waals surface area contributed by atoms with E-state index in [4.69, 9.17) is 14.2 Å². The Kier molecular flexibility index (Phi) is 8.22. The standard InChI is InChI=1S/C10H18NO7P/c1-4-17-10(14)11-8(9(12)13)6-7-19(15,16-3)18-5-2/h4-7H2,1-3H3,(H,12,13)/t19-/m0/s1. The van der Waals surface area contributed by atoms with Crippen molar-refractivity contribution >= 4 is 25.4 Å². The van der Waals surface area contributed by atoms with E-state index in [-0.39, 0.29) is 25.8 Å². The highest BCUT2D eigenvalue weighted by molar-refractivity contribution is 7.53. The molecule has 0 aliphatic heterocycles. The first-order valence-electron chi connectivity index (χ1n) is 5.65. The summed E-state index contributed by atoms with van der Waals surface area (Å²) in [6.07, 6.45) is -1.40. The number of ether oxygens (including phenoxy) is 1. The minimum absolute atomic E-state index is 0.0880. The highest BCUT2D eigenvalue weighted by Crippen LogP contribution is 2.47. The van der Waals surface area contributed by atoms with Crippen LogP contribution in [0.2, 0.25) is 0 Å². The lowest BCUT2D eigenvalue weighted by Crippen LogP contribution is -2.18. The average Bonchev–Trinajstić information content (AvgIpc) is 2.34. The largest absolute Gasteiger partial charge is 0.477 e. The van der Waals surface area contributed by atoms with Crippen molar-refractivity contribution in [2.75, 3.05) is 26.5 Å². The molecule has 0 aromatic heterocycles. The van der Waals surface area contributed by atoms with Crippen LogP contribution in [0.4, 0.5) is 4.79 Å². The van der Waals surface area contributed by atoms with Gasteiger partial charge >= 0.3 is 19.7 Å². The molecule has 1 N–H and O–H groups in total. The minimum atomic E-state index is -3.35. The van der Waals surface area contributed by atoms with Crippen molar-refractivity contribution in [3.05, 3.63) is 0 Å². The number of carbonyl (C=O) groups is 2. The van der Waals surface area contributed by atoms with Gasteiger partial charge in [-0.1, -0.05) is 0 Å². The van der Waals surface area contributed by atoms with Gasteiger partial charge in [0.1, 0.15) is 5.71 Å². The summed E-state index contributed by atoms with van der Waals surface area (Å²) in [5.74, 6) is -1.38. The maximum Gasteiger partial charge on any atom is 0.434 e. The van der Waals surface area contributed by atoms with E-state index in [0.717, 1.165) is 0 Å². The number of hydrogen-bond acceptors (Lipinski definition) is 6. The molecule has 9 heteroatoms. The molecular weight excluding hydrogens is 277 g/mol. The second-order valence-electron chi connectivity index (χ2n) is 3.25. The Morgan fingerprint density at radius 1 is 1.26 bits per heavy atom. The third-order valence-electron chi connectivity index (χ3n) is 1.97. The van der Waals surface area contributed by atoms with Crippen LogP contribution in [0.5, 0.6) is 0 Å². The van der Waals surface area contributed by atoms with Crippen molar-refractivity contribution in [2.24, 2.45) is 4.99 Å². The Labute approximate surface area is 111 Å². The zero-order valence-corrected chi connectivity index (χ0v) is 12.0.